The summed E-state index contributed by atoms with van der Waals surface area (Å²) in [4.78, 5) is 24.5. The van der Waals surface area contributed by atoms with Gasteiger partial charge in [0.2, 0.25) is 0 Å². The standard InChI is InChI=1S/C22H25NO7/c1-14(22(25)23-16-6-8-18-20(13-16)29-11-10-28-18)30-21(24)9-5-15-4-7-17(26-2)19(12-15)27-3/h4,6-8,12-14H,5,9-11H2,1-3H3,(H,23,25). The minimum atomic E-state index is -0.934. The Kier molecular flexibility index (Phi) is 7.00. The molecule has 0 bridgehead atoms. The van der Waals surface area contributed by atoms with E-state index in [1.54, 1.807) is 38.5 Å². The van der Waals surface area contributed by atoms with Crippen LogP contribution < -0.4 is 24.3 Å². The Balaban J connectivity index is 1.49. The quantitative estimate of drug-likeness (QED) is 0.663. The van der Waals surface area contributed by atoms with Crippen LogP contribution in [-0.2, 0) is 20.7 Å². The molecule has 0 saturated heterocycles. The van der Waals surface area contributed by atoms with Gasteiger partial charge in [-0.15, -0.1) is 0 Å². The first-order valence-electron chi connectivity index (χ1n) is 9.61. The van der Waals surface area contributed by atoms with Crippen molar-refractivity contribution in [3.8, 4) is 23.0 Å². The fourth-order valence-electron chi connectivity index (χ4n) is 2.96. The van der Waals surface area contributed by atoms with Gasteiger partial charge in [0.15, 0.2) is 29.1 Å². The van der Waals surface area contributed by atoms with Gasteiger partial charge in [0, 0.05) is 18.2 Å². The first-order chi connectivity index (χ1) is 14.5. The fourth-order valence-corrected chi connectivity index (χ4v) is 2.96. The third-order valence-electron chi connectivity index (χ3n) is 4.55. The summed E-state index contributed by atoms with van der Waals surface area (Å²) in [7, 11) is 3.12. The smallest absolute Gasteiger partial charge is 0.306 e. The molecule has 0 aromatic heterocycles. The minimum absolute atomic E-state index is 0.136. The van der Waals surface area contributed by atoms with Gasteiger partial charge in [0.05, 0.1) is 14.2 Å². The number of aryl methyl sites for hydroxylation is 1. The average molecular weight is 415 g/mol. The monoisotopic (exact) mass is 415 g/mol. The zero-order valence-corrected chi connectivity index (χ0v) is 17.2. The average Bonchev–Trinajstić information content (AvgIpc) is 2.77. The van der Waals surface area contributed by atoms with Gasteiger partial charge in [-0.2, -0.15) is 0 Å². The van der Waals surface area contributed by atoms with Crippen LogP contribution in [0.15, 0.2) is 36.4 Å². The summed E-state index contributed by atoms with van der Waals surface area (Å²) in [6.45, 7) is 2.48. The molecule has 0 radical (unpaired) electrons. The van der Waals surface area contributed by atoms with Crippen molar-refractivity contribution in [2.24, 2.45) is 0 Å². The van der Waals surface area contributed by atoms with Crippen molar-refractivity contribution < 1.29 is 33.3 Å². The predicted octanol–water partition coefficient (Wildman–Crippen LogP) is 2.98. The first-order valence-corrected chi connectivity index (χ1v) is 9.61. The Hall–Kier alpha value is -3.42. The number of nitrogens with one attached hydrogen (secondary N) is 1. The van der Waals surface area contributed by atoms with Crippen LogP contribution in [0.25, 0.3) is 0 Å². The molecular weight excluding hydrogens is 390 g/mol. The number of hydrogen-bond donors (Lipinski definition) is 1. The molecule has 1 aliphatic heterocycles. The third-order valence-corrected chi connectivity index (χ3v) is 4.55. The van der Waals surface area contributed by atoms with Crippen molar-refractivity contribution in [1.29, 1.82) is 0 Å². The molecule has 1 aliphatic rings. The van der Waals surface area contributed by atoms with Crippen LogP contribution in [0.5, 0.6) is 23.0 Å². The van der Waals surface area contributed by atoms with E-state index in [-0.39, 0.29) is 6.42 Å². The van der Waals surface area contributed by atoms with Crippen LogP contribution in [-0.4, -0.2) is 45.4 Å². The number of benzene rings is 2. The normalized spacial score (nSPS) is 13.2. The third kappa shape index (κ3) is 5.34. The maximum absolute atomic E-state index is 12.4. The van der Waals surface area contributed by atoms with Crippen molar-refractivity contribution in [1.82, 2.24) is 0 Å². The molecule has 2 aromatic carbocycles. The van der Waals surface area contributed by atoms with E-state index in [2.05, 4.69) is 5.32 Å². The van der Waals surface area contributed by atoms with Gasteiger partial charge in [0.25, 0.3) is 5.91 Å². The second kappa shape index (κ2) is 9.87. The number of amides is 1. The lowest BCUT2D eigenvalue weighted by Gasteiger charge is -2.19. The number of carbonyl (C=O) groups is 2. The molecule has 1 heterocycles. The Bertz CT molecular complexity index is 912. The Labute approximate surface area is 175 Å². The molecule has 1 amide bonds. The molecule has 1 N–H and O–H groups in total. The molecule has 1 unspecified atom stereocenters. The van der Waals surface area contributed by atoms with Crippen molar-refractivity contribution in [3.63, 3.8) is 0 Å². The first kappa shape index (κ1) is 21.3. The lowest BCUT2D eigenvalue weighted by atomic mass is 10.1. The second-order valence-electron chi connectivity index (χ2n) is 6.67. The highest BCUT2D eigenvalue weighted by Crippen LogP contribution is 2.32. The van der Waals surface area contributed by atoms with Gasteiger partial charge < -0.3 is 29.0 Å². The van der Waals surface area contributed by atoms with Crippen LogP contribution in [0.1, 0.15) is 18.9 Å². The summed E-state index contributed by atoms with van der Waals surface area (Å²) in [5.74, 6) is 1.53. The largest absolute Gasteiger partial charge is 0.493 e. The van der Waals surface area contributed by atoms with E-state index in [1.807, 2.05) is 12.1 Å². The molecule has 2 aromatic rings. The van der Waals surface area contributed by atoms with Crippen molar-refractivity contribution in [2.45, 2.75) is 25.9 Å². The maximum Gasteiger partial charge on any atom is 0.306 e. The minimum Gasteiger partial charge on any atom is -0.493 e. The Morgan fingerprint density at radius 2 is 1.73 bits per heavy atom. The number of esters is 1. The lowest BCUT2D eigenvalue weighted by Crippen LogP contribution is -2.30. The molecule has 8 heteroatoms. The molecule has 0 spiro atoms. The number of rotatable bonds is 8. The highest BCUT2D eigenvalue weighted by atomic mass is 16.6. The molecule has 0 fully saturated rings. The Morgan fingerprint density at radius 1 is 1.00 bits per heavy atom. The summed E-state index contributed by atoms with van der Waals surface area (Å²) in [6, 6.07) is 10.6. The van der Waals surface area contributed by atoms with Gasteiger partial charge >= 0.3 is 5.97 Å². The van der Waals surface area contributed by atoms with Gasteiger partial charge in [0.1, 0.15) is 13.2 Å². The number of anilines is 1. The van der Waals surface area contributed by atoms with E-state index < -0.39 is 18.0 Å². The van der Waals surface area contributed by atoms with Crippen LogP contribution in [0.4, 0.5) is 5.69 Å². The van der Waals surface area contributed by atoms with E-state index in [4.69, 9.17) is 23.7 Å². The number of fused-ring (bicyclic) bond motifs is 1. The maximum atomic E-state index is 12.4. The van der Waals surface area contributed by atoms with Crippen LogP contribution >= 0.6 is 0 Å². The summed E-state index contributed by atoms with van der Waals surface area (Å²) in [6.07, 6.45) is -0.344. The Morgan fingerprint density at radius 3 is 2.47 bits per heavy atom. The van der Waals surface area contributed by atoms with Crippen molar-refractivity contribution in [3.05, 3.63) is 42.0 Å². The highest BCUT2D eigenvalue weighted by Gasteiger charge is 2.19. The number of hydrogen-bond acceptors (Lipinski definition) is 7. The van der Waals surface area contributed by atoms with Crippen LogP contribution in [0, 0.1) is 0 Å². The van der Waals surface area contributed by atoms with E-state index >= 15 is 0 Å². The molecule has 3 rings (SSSR count). The highest BCUT2D eigenvalue weighted by molar-refractivity contribution is 5.95. The summed E-state index contributed by atoms with van der Waals surface area (Å²) >= 11 is 0. The van der Waals surface area contributed by atoms with Crippen LogP contribution in [0.3, 0.4) is 0 Å². The number of ether oxygens (including phenoxy) is 5. The molecule has 8 nitrogen and oxygen atoms in total. The number of carbonyl (C=O) groups excluding carboxylic acids is 2. The summed E-state index contributed by atoms with van der Waals surface area (Å²) < 4.78 is 26.7. The summed E-state index contributed by atoms with van der Waals surface area (Å²) in [5.41, 5.74) is 1.44. The van der Waals surface area contributed by atoms with E-state index in [1.165, 1.54) is 6.92 Å². The SMILES string of the molecule is COc1ccc(CCC(=O)OC(C)C(=O)Nc2ccc3c(c2)OCCO3)cc1OC. The van der Waals surface area contributed by atoms with Crippen molar-refractivity contribution in [2.75, 3.05) is 32.8 Å². The van der Waals surface area contributed by atoms with Gasteiger partial charge in [-0.1, -0.05) is 6.07 Å². The van der Waals surface area contributed by atoms with Gasteiger partial charge in [-0.05, 0) is 43.2 Å². The molecule has 0 aliphatic carbocycles. The zero-order valence-electron chi connectivity index (χ0n) is 17.2. The summed E-state index contributed by atoms with van der Waals surface area (Å²) in [5, 5.41) is 2.72. The van der Waals surface area contributed by atoms with Gasteiger partial charge in [-0.3, -0.25) is 9.59 Å². The fraction of sp³-hybridized carbons (Fsp3) is 0.364. The van der Waals surface area contributed by atoms with E-state index in [0.29, 0.717) is 48.3 Å². The van der Waals surface area contributed by atoms with E-state index in [9.17, 15) is 9.59 Å². The van der Waals surface area contributed by atoms with Crippen molar-refractivity contribution >= 4 is 17.6 Å². The molecule has 1 atom stereocenters. The van der Waals surface area contributed by atoms with Gasteiger partial charge in [-0.25, -0.2) is 0 Å². The van der Waals surface area contributed by atoms with Crippen LogP contribution in [0.2, 0.25) is 0 Å². The molecule has 160 valence electrons. The van der Waals surface area contributed by atoms with E-state index in [0.717, 1.165) is 5.56 Å². The predicted molar refractivity (Wildman–Crippen MR) is 109 cm³/mol. The number of methoxy groups -OCH3 is 2. The molecule has 30 heavy (non-hydrogen) atoms. The lowest BCUT2D eigenvalue weighted by molar-refractivity contribution is -0.153. The zero-order chi connectivity index (χ0) is 21.5. The molecule has 0 saturated carbocycles. The topological polar surface area (TPSA) is 92.3 Å². The molecular formula is C22H25NO7. The second-order valence-corrected chi connectivity index (χ2v) is 6.67.